The van der Waals surface area contributed by atoms with Gasteiger partial charge in [0.1, 0.15) is 11.2 Å². The van der Waals surface area contributed by atoms with Gasteiger partial charge in [-0.25, -0.2) is 19.9 Å². The summed E-state index contributed by atoms with van der Waals surface area (Å²) in [6.07, 6.45) is 2.05. The van der Waals surface area contributed by atoms with Crippen LogP contribution >= 0.6 is 0 Å². The van der Waals surface area contributed by atoms with Crippen molar-refractivity contribution in [3.8, 4) is 56.3 Å². The van der Waals surface area contributed by atoms with E-state index in [0.717, 1.165) is 72.5 Å². The molecule has 47 heavy (non-hydrogen) atoms. The summed E-state index contributed by atoms with van der Waals surface area (Å²) in [6.45, 7) is 0. The highest BCUT2D eigenvalue weighted by molar-refractivity contribution is 6.09. The number of aromatic nitrogens is 5. The zero-order valence-electron chi connectivity index (χ0n) is 25.3. The second-order valence-electron chi connectivity index (χ2n) is 11.6. The zero-order valence-corrected chi connectivity index (χ0v) is 25.3. The average molecular weight is 602 g/mol. The van der Waals surface area contributed by atoms with Gasteiger partial charge in [-0.2, -0.15) is 0 Å². The molecule has 0 N–H and O–H groups in total. The van der Waals surface area contributed by atoms with Crippen LogP contribution in [0.5, 0.6) is 0 Å². The number of fused-ring (bicyclic) bond motifs is 5. The van der Waals surface area contributed by atoms with E-state index in [1.54, 1.807) is 0 Å². The minimum atomic E-state index is 0.656. The van der Waals surface area contributed by atoms with Crippen molar-refractivity contribution < 1.29 is 0 Å². The van der Waals surface area contributed by atoms with Crippen LogP contribution in [0, 0.1) is 0 Å². The van der Waals surface area contributed by atoms with Crippen molar-refractivity contribution in [2.45, 2.75) is 0 Å². The maximum atomic E-state index is 5.20. The number of hydrogen-bond donors (Lipinski definition) is 0. The van der Waals surface area contributed by atoms with Crippen LogP contribution in [0.15, 0.2) is 164 Å². The molecule has 0 fully saturated rings. The van der Waals surface area contributed by atoms with Crippen LogP contribution in [0.1, 0.15) is 0 Å². The summed E-state index contributed by atoms with van der Waals surface area (Å²) in [5, 5.41) is 1.03. The largest absolute Gasteiger partial charge is 0.298 e. The molecule has 220 valence electrons. The first-order chi connectivity index (χ1) is 23.3. The highest BCUT2D eigenvalue weighted by Gasteiger charge is 2.18. The smallest absolute Gasteiger partial charge is 0.160 e. The highest BCUT2D eigenvalue weighted by atomic mass is 15.0. The van der Waals surface area contributed by atoms with Gasteiger partial charge in [-0.15, -0.1) is 0 Å². The van der Waals surface area contributed by atoms with Gasteiger partial charge in [-0.3, -0.25) is 4.40 Å². The van der Waals surface area contributed by atoms with E-state index in [1.807, 2.05) is 54.6 Å². The van der Waals surface area contributed by atoms with E-state index >= 15 is 0 Å². The topological polar surface area (TPSA) is 56.0 Å². The van der Waals surface area contributed by atoms with Crippen molar-refractivity contribution in [2.24, 2.45) is 0 Å². The molecule has 0 bridgehead atoms. The van der Waals surface area contributed by atoms with E-state index in [9.17, 15) is 0 Å². The van der Waals surface area contributed by atoms with Gasteiger partial charge in [0.15, 0.2) is 5.82 Å². The van der Waals surface area contributed by atoms with E-state index in [2.05, 4.69) is 114 Å². The maximum absolute atomic E-state index is 5.20. The fourth-order valence-electron chi connectivity index (χ4n) is 6.33. The molecule has 5 nitrogen and oxygen atoms in total. The Morgan fingerprint density at radius 1 is 0.404 bits per heavy atom. The van der Waals surface area contributed by atoms with Crippen LogP contribution in [-0.4, -0.2) is 24.3 Å². The fraction of sp³-hybridized carbons (Fsp3) is 0. The van der Waals surface area contributed by atoms with Gasteiger partial charge in [0.25, 0.3) is 0 Å². The molecular weight excluding hydrogens is 574 g/mol. The van der Waals surface area contributed by atoms with E-state index in [1.165, 1.54) is 5.56 Å². The van der Waals surface area contributed by atoms with Crippen LogP contribution in [0.2, 0.25) is 0 Å². The normalized spacial score (nSPS) is 11.4. The average Bonchev–Trinajstić information content (AvgIpc) is 3.55. The first kappa shape index (κ1) is 26.9. The molecule has 0 radical (unpaired) electrons. The van der Waals surface area contributed by atoms with Gasteiger partial charge in [0, 0.05) is 33.8 Å². The zero-order chi connectivity index (χ0) is 31.2. The summed E-state index contributed by atoms with van der Waals surface area (Å²) < 4.78 is 2.13. The SMILES string of the molecule is c1ccc(-c2cccc(-c3cc(-c4ccccc4)nc(-c4cccc(-c5nc6ccccc6c6nc7ccccn7c56)c4)n3)c2)cc1. The summed E-state index contributed by atoms with van der Waals surface area (Å²) in [5.41, 5.74) is 12.6. The molecule has 0 aliphatic rings. The third-order valence-corrected chi connectivity index (χ3v) is 8.60. The van der Waals surface area contributed by atoms with Crippen molar-refractivity contribution in [1.82, 2.24) is 24.3 Å². The lowest BCUT2D eigenvalue weighted by molar-refractivity contribution is 1.18. The molecule has 5 aromatic carbocycles. The Morgan fingerprint density at radius 3 is 1.85 bits per heavy atom. The molecule has 0 spiro atoms. The summed E-state index contributed by atoms with van der Waals surface area (Å²) in [5.74, 6) is 0.656. The minimum Gasteiger partial charge on any atom is -0.298 e. The Kier molecular flexibility index (Phi) is 6.39. The molecule has 0 amide bonds. The molecule has 0 aliphatic carbocycles. The standard InChI is InChI=1S/C42H27N5/c1-3-13-28(14-4-1)30-17-11-18-31(25-30)37-27-36(29-15-5-2-6-16-29)44-42(45-37)33-20-12-19-32(26-33)39-41-40(34-21-7-8-22-35(34)43-39)46-38-23-9-10-24-47(38)41/h1-27H. The first-order valence-corrected chi connectivity index (χ1v) is 15.7. The quantitative estimate of drug-likeness (QED) is 0.197. The molecule has 0 aliphatic heterocycles. The number of imidazole rings is 1. The minimum absolute atomic E-state index is 0.656. The number of pyridine rings is 2. The summed E-state index contributed by atoms with van der Waals surface area (Å²) >= 11 is 0. The Hall–Kier alpha value is -6.46. The molecule has 5 heteroatoms. The van der Waals surface area contributed by atoms with Gasteiger partial charge in [0.05, 0.1) is 28.1 Å². The van der Waals surface area contributed by atoms with Gasteiger partial charge in [-0.1, -0.05) is 121 Å². The monoisotopic (exact) mass is 601 g/mol. The van der Waals surface area contributed by atoms with Gasteiger partial charge in [-0.05, 0) is 47.5 Å². The number of benzene rings is 5. The van der Waals surface area contributed by atoms with E-state index < -0.39 is 0 Å². The number of para-hydroxylation sites is 1. The van der Waals surface area contributed by atoms with Crippen molar-refractivity contribution in [3.63, 3.8) is 0 Å². The molecule has 4 aromatic heterocycles. The van der Waals surface area contributed by atoms with Crippen LogP contribution in [0.25, 0.3) is 83.9 Å². The number of hydrogen-bond acceptors (Lipinski definition) is 4. The molecule has 9 rings (SSSR count). The molecule has 0 saturated heterocycles. The lowest BCUT2D eigenvalue weighted by atomic mass is 10.0. The molecule has 0 unspecified atom stereocenters. The lowest BCUT2D eigenvalue weighted by Gasteiger charge is -2.12. The highest BCUT2D eigenvalue weighted by Crippen LogP contribution is 2.35. The van der Waals surface area contributed by atoms with E-state index in [-0.39, 0.29) is 0 Å². The lowest BCUT2D eigenvalue weighted by Crippen LogP contribution is -1.97. The first-order valence-electron chi connectivity index (χ1n) is 15.7. The molecule has 0 atom stereocenters. The van der Waals surface area contributed by atoms with Gasteiger partial charge < -0.3 is 0 Å². The number of rotatable bonds is 5. The Morgan fingerprint density at radius 2 is 1.02 bits per heavy atom. The number of nitrogens with zero attached hydrogens (tertiary/aromatic N) is 5. The van der Waals surface area contributed by atoms with Gasteiger partial charge >= 0.3 is 0 Å². The summed E-state index contributed by atoms with van der Waals surface area (Å²) in [7, 11) is 0. The molecular formula is C42H27N5. The molecule has 4 heterocycles. The Balaban J connectivity index is 1.24. The van der Waals surface area contributed by atoms with Crippen molar-refractivity contribution >= 4 is 27.6 Å². The van der Waals surface area contributed by atoms with E-state index in [0.29, 0.717) is 5.82 Å². The maximum Gasteiger partial charge on any atom is 0.160 e. The van der Waals surface area contributed by atoms with Gasteiger partial charge in [0.2, 0.25) is 0 Å². The van der Waals surface area contributed by atoms with Crippen molar-refractivity contribution in [2.75, 3.05) is 0 Å². The van der Waals surface area contributed by atoms with Crippen LogP contribution in [-0.2, 0) is 0 Å². The third-order valence-electron chi connectivity index (χ3n) is 8.60. The van der Waals surface area contributed by atoms with Crippen molar-refractivity contribution in [3.05, 3.63) is 164 Å². The third kappa shape index (κ3) is 4.82. The van der Waals surface area contributed by atoms with Crippen LogP contribution < -0.4 is 0 Å². The Bertz CT molecular complexity index is 2570. The molecule has 0 saturated carbocycles. The predicted octanol–water partition coefficient (Wildman–Crippen LogP) is 10.2. The van der Waals surface area contributed by atoms with Crippen LogP contribution in [0.4, 0.5) is 0 Å². The summed E-state index contributed by atoms with van der Waals surface area (Å²) in [4.78, 5) is 20.5. The molecule has 9 aromatic rings. The fourth-order valence-corrected chi connectivity index (χ4v) is 6.33. The van der Waals surface area contributed by atoms with Crippen LogP contribution in [0.3, 0.4) is 0 Å². The second kappa shape index (κ2) is 11.2. The van der Waals surface area contributed by atoms with E-state index in [4.69, 9.17) is 19.9 Å². The summed E-state index contributed by atoms with van der Waals surface area (Å²) in [6, 6.07) is 54.0. The predicted molar refractivity (Wildman–Crippen MR) is 191 cm³/mol. The Labute approximate surface area is 271 Å². The second-order valence-corrected chi connectivity index (χ2v) is 11.6. The van der Waals surface area contributed by atoms with Crippen molar-refractivity contribution in [1.29, 1.82) is 0 Å².